The first-order chi connectivity index (χ1) is 12.8. The number of imidazole rings is 1. The van der Waals surface area contributed by atoms with E-state index in [-0.39, 0.29) is 31.0 Å². The van der Waals surface area contributed by atoms with Crippen molar-refractivity contribution in [2.45, 2.75) is 46.1 Å². The summed E-state index contributed by atoms with van der Waals surface area (Å²) in [4.78, 5) is 31.9. The molecule has 1 unspecified atom stereocenters. The van der Waals surface area contributed by atoms with Crippen LogP contribution in [0.25, 0.3) is 11.2 Å². The number of nitrogens with zero attached hydrogens (tertiary/aromatic N) is 3. The van der Waals surface area contributed by atoms with E-state index in [4.69, 9.17) is 15.0 Å². The third-order valence-corrected chi connectivity index (χ3v) is 5.04. The van der Waals surface area contributed by atoms with Gasteiger partial charge in [-0.25, -0.2) is 4.98 Å². The van der Waals surface area contributed by atoms with Crippen molar-refractivity contribution in [3.63, 3.8) is 0 Å². The molecule has 2 rings (SSSR count). The molecule has 0 aliphatic carbocycles. The first-order valence-corrected chi connectivity index (χ1v) is 10.8. The van der Waals surface area contributed by atoms with Crippen molar-refractivity contribution in [3.05, 3.63) is 16.7 Å². The molecule has 0 fully saturated rings. The highest BCUT2D eigenvalue weighted by atomic mass is 31.2. The predicted octanol–water partition coefficient (Wildman–Crippen LogP) is 2.09. The number of rotatable bonds is 12. The van der Waals surface area contributed by atoms with Crippen molar-refractivity contribution in [2.75, 3.05) is 25.3 Å². The third-order valence-electron chi connectivity index (χ3n) is 3.94. The molecule has 0 saturated carbocycles. The van der Waals surface area contributed by atoms with Crippen LogP contribution >= 0.6 is 7.60 Å². The molecule has 0 aromatic carbocycles. The van der Waals surface area contributed by atoms with Crippen molar-refractivity contribution < 1.29 is 18.7 Å². The minimum absolute atomic E-state index is 0.00294. The highest BCUT2D eigenvalue weighted by Crippen LogP contribution is 2.41. The SMILES string of the molecule is CC(C)CCCCCOP(=O)(O)COCCn1cnc2c(=O)[nH]c(N)nc21. The fraction of sp³-hybridized carbons (Fsp3) is 0.688. The summed E-state index contributed by atoms with van der Waals surface area (Å²) in [5.41, 5.74) is 5.63. The van der Waals surface area contributed by atoms with Crippen LogP contribution in [0.3, 0.4) is 0 Å². The number of fused-ring (bicyclic) bond motifs is 1. The molecule has 0 radical (unpaired) electrons. The number of nitrogen functional groups attached to an aromatic ring is 1. The van der Waals surface area contributed by atoms with Gasteiger partial charge in [0.15, 0.2) is 11.2 Å². The molecule has 4 N–H and O–H groups in total. The molecule has 2 heterocycles. The molecule has 2 aromatic rings. The van der Waals surface area contributed by atoms with E-state index in [1.807, 2.05) is 0 Å². The largest absolute Gasteiger partial charge is 0.369 e. The Morgan fingerprint density at radius 2 is 2.11 bits per heavy atom. The van der Waals surface area contributed by atoms with Crippen LogP contribution in [0.5, 0.6) is 0 Å². The molecule has 0 aliphatic rings. The lowest BCUT2D eigenvalue weighted by Gasteiger charge is -2.13. The van der Waals surface area contributed by atoms with E-state index in [0.717, 1.165) is 25.7 Å². The highest BCUT2D eigenvalue weighted by Gasteiger charge is 2.19. The van der Waals surface area contributed by atoms with E-state index in [1.165, 1.54) is 6.33 Å². The number of nitrogens with one attached hydrogen (secondary N) is 1. The van der Waals surface area contributed by atoms with Crippen LogP contribution in [-0.2, 0) is 20.4 Å². The molecule has 0 saturated heterocycles. The van der Waals surface area contributed by atoms with Crippen molar-refractivity contribution in [2.24, 2.45) is 5.92 Å². The second-order valence-corrected chi connectivity index (χ2v) is 8.60. The van der Waals surface area contributed by atoms with Crippen molar-refractivity contribution in [3.8, 4) is 0 Å². The van der Waals surface area contributed by atoms with E-state index in [0.29, 0.717) is 18.1 Å². The highest BCUT2D eigenvalue weighted by molar-refractivity contribution is 7.52. The predicted molar refractivity (Wildman–Crippen MR) is 102 cm³/mol. The topological polar surface area (TPSA) is 145 Å². The summed E-state index contributed by atoms with van der Waals surface area (Å²) in [6.07, 6.45) is 5.02. The van der Waals surface area contributed by atoms with Gasteiger partial charge in [-0.1, -0.05) is 33.1 Å². The van der Waals surface area contributed by atoms with Crippen LogP contribution in [0, 0.1) is 5.92 Å². The minimum atomic E-state index is -3.77. The number of unbranched alkanes of at least 4 members (excludes halogenated alkanes) is 2. The van der Waals surface area contributed by atoms with Gasteiger partial charge in [0.25, 0.3) is 5.56 Å². The van der Waals surface area contributed by atoms with Gasteiger partial charge in [-0.3, -0.25) is 14.3 Å². The monoisotopic (exact) mass is 401 g/mol. The lowest BCUT2D eigenvalue weighted by molar-refractivity contribution is 0.137. The molecule has 27 heavy (non-hydrogen) atoms. The van der Waals surface area contributed by atoms with E-state index in [1.54, 1.807) is 4.57 Å². The molecule has 1 atom stereocenters. The van der Waals surface area contributed by atoms with Crippen LogP contribution in [0.2, 0.25) is 0 Å². The van der Waals surface area contributed by atoms with E-state index < -0.39 is 13.2 Å². The first kappa shape index (κ1) is 21.6. The molecule has 2 aromatic heterocycles. The molecular weight excluding hydrogens is 373 g/mol. The van der Waals surface area contributed by atoms with Crippen LogP contribution in [0.15, 0.2) is 11.1 Å². The number of anilines is 1. The number of H-pyrrole nitrogens is 1. The zero-order chi connectivity index (χ0) is 19.9. The maximum Gasteiger partial charge on any atom is 0.353 e. The van der Waals surface area contributed by atoms with Crippen LogP contribution in [-0.4, -0.2) is 44.0 Å². The molecular formula is C16H28N5O5P. The van der Waals surface area contributed by atoms with Gasteiger partial charge in [-0.15, -0.1) is 0 Å². The summed E-state index contributed by atoms with van der Waals surface area (Å²) in [5.74, 6) is 0.665. The average Bonchev–Trinajstić information content (AvgIpc) is 2.98. The number of nitrogens with two attached hydrogens (primary N) is 1. The molecule has 152 valence electrons. The Morgan fingerprint density at radius 1 is 1.33 bits per heavy atom. The summed E-state index contributed by atoms with van der Waals surface area (Å²) in [5, 5.41) is 0. The van der Waals surface area contributed by atoms with E-state index >= 15 is 0 Å². The number of hydrogen-bond acceptors (Lipinski definition) is 7. The molecule has 11 heteroatoms. The Bertz CT molecular complexity index is 834. The Kier molecular flexibility index (Phi) is 7.97. The third kappa shape index (κ3) is 7.06. The van der Waals surface area contributed by atoms with Gasteiger partial charge in [0.2, 0.25) is 5.95 Å². The van der Waals surface area contributed by atoms with Crippen molar-refractivity contribution >= 4 is 24.7 Å². The Labute approximate surface area is 157 Å². The zero-order valence-corrected chi connectivity index (χ0v) is 16.7. The normalized spacial score (nSPS) is 14.1. The molecule has 0 bridgehead atoms. The zero-order valence-electron chi connectivity index (χ0n) is 15.8. The van der Waals surface area contributed by atoms with Gasteiger partial charge in [0, 0.05) is 6.54 Å². The van der Waals surface area contributed by atoms with Gasteiger partial charge in [-0.2, -0.15) is 4.98 Å². The summed E-state index contributed by atoms with van der Waals surface area (Å²) >= 11 is 0. The summed E-state index contributed by atoms with van der Waals surface area (Å²) in [6.45, 7) is 5.04. The smallest absolute Gasteiger partial charge is 0.353 e. The van der Waals surface area contributed by atoms with E-state index in [9.17, 15) is 14.3 Å². The number of ether oxygens (including phenoxy) is 1. The van der Waals surface area contributed by atoms with E-state index in [2.05, 4.69) is 28.8 Å². The lowest BCUT2D eigenvalue weighted by Crippen LogP contribution is -2.13. The molecule has 0 spiro atoms. The van der Waals surface area contributed by atoms with Crippen molar-refractivity contribution in [1.82, 2.24) is 19.5 Å². The number of aromatic nitrogens is 4. The van der Waals surface area contributed by atoms with Crippen molar-refractivity contribution in [1.29, 1.82) is 0 Å². The van der Waals surface area contributed by atoms with Gasteiger partial charge in [-0.05, 0) is 12.3 Å². The summed E-state index contributed by atoms with van der Waals surface area (Å²) < 4.78 is 23.9. The fourth-order valence-electron chi connectivity index (χ4n) is 2.55. The van der Waals surface area contributed by atoms with Crippen LogP contribution < -0.4 is 11.3 Å². The molecule has 0 aliphatic heterocycles. The summed E-state index contributed by atoms with van der Waals surface area (Å²) in [6, 6.07) is 0. The summed E-state index contributed by atoms with van der Waals surface area (Å²) in [7, 11) is -3.77. The number of hydrogen-bond donors (Lipinski definition) is 3. The lowest BCUT2D eigenvalue weighted by atomic mass is 10.1. The quantitative estimate of drug-likeness (QED) is 0.362. The van der Waals surface area contributed by atoms with Gasteiger partial charge in [0.1, 0.15) is 6.35 Å². The minimum Gasteiger partial charge on any atom is -0.369 e. The first-order valence-electron chi connectivity index (χ1n) is 9.03. The van der Waals surface area contributed by atoms with Crippen LogP contribution in [0.4, 0.5) is 5.95 Å². The van der Waals surface area contributed by atoms with Crippen LogP contribution in [0.1, 0.15) is 39.5 Å². The van der Waals surface area contributed by atoms with Gasteiger partial charge >= 0.3 is 7.60 Å². The second kappa shape index (κ2) is 9.98. The van der Waals surface area contributed by atoms with Gasteiger partial charge < -0.3 is 24.5 Å². The average molecular weight is 401 g/mol. The Hall–Kier alpha value is -1.74. The Morgan fingerprint density at radius 3 is 2.85 bits per heavy atom. The number of aromatic amines is 1. The molecule has 10 nitrogen and oxygen atoms in total. The molecule has 0 amide bonds. The van der Waals surface area contributed by atoms with Gasteiger partial charge in [0.05, 0.1) is 19.5 Å². The Balaban J connectivity index is 1.70. The standard InChI is InChI=1S/C16H28N5O5P/c1-12(2)6-4-3-5-8-26-27(23,24)11-25-9-7-21-10-18-13-14(21)19-16(17)20-15(13)22/h10,12H,3-9,11H2,1-2H3,(H,23,24)(H3,17,19,20,22). The maximum atomic E-state index is 11.9. The maximum absolute atomic E-state index is 11.9. The second-order valence-electron chi connectivity index (χ2n) is 6.81. The fourth-order valence-corrected chi connectivity index (χ4v) is 3.40.